The highest BCUT2D eigenvalue weighted by atomic mass is 19.1. The van der Waals surface area contributed by atoms with Gasteiger partial charge in [-0.25, -0.2) is 8.78 Å². The molecule has 0 saturated carbocycles. The van der Waals surface area contributed by atoms with Crippen LogP contribution in [0.1, 0.15) is 41.8 Å². The minimum atomic E-state index is -1.46. The van der Waals surface area contributed by atoms with Gasteiger partial charge in [0, 0.05) is 46.9 Å². The molecule has 1 aliphatic heterocycles. The van der Waals surface area contributed by atoms with E-state index in [9.17, 15) is 18.7 Å². The first-order chi connectivity index (χ1) is 18.1. The van der Waals surface area contributed by atoms with Crippen LogP contribution in [-0.4, -0.2) is 21.2 Å². The summed E-state index contributed by atoms with van der Waals surface area (Å²) in [5, 5.41) is 27.3. The van der Waals surface area contributed by atoms with Gasteiger partial charge in [-0.15, -0.1) is 0 Å². The van der Waals surface area contributed by atoms with Crippen LogP contribution in [0.4, 0.5) is 8.78 Å². The molecule has 2 unspecified atom stereocenters. The molecule has 0 amide bonds. The van der Waals surface area contributed by atoms with Crippen molar-refractivity contribution in [1.82, 2.24) is 15.6 Å². The van der Waals surface area contributed by atoms with Gasteiger partial charge >= 0.3 is 5.97 Å². The average Bonchev–Trinajstić information content (AvgIpc) is 3.57. The molecule has 3 aromatic carbocycles. The Labute approximate surface area is 217 Å². The van der Waals surface area contributed by atoms with Crippen molar-refractivity contribution < 1.29 is 28.5 Å². The summed E-state index contributed by atoms with van der Waals surface area (Å²) in [7, 11) is 0. The van der Waals surface area contributed by atoms with Crippen molar-refractivity contribution >= 4 is 16.9 Å². The van der Waals surface area contributed by atoms with Gasteiger partial charge in [0.15, 0.2) is 11.6 Å². The molecule has 5 N–H and O–H groups in total. The number of halogens is 2. The number of ether oxygens (including phenoxy) is 1. The number of aliphatic carboxylic acids is 1. The predicted octanol–water partition coefficient (Wildman–Crippen LogP) is 5.50. The number of aromatic amines is 1. The summed E-state index contributed by atoms with van der Waals surface area (Å²) in [6.07, 6.45) is 2.90. The highest BCUT2D eigenvalue weighted by molar-refractivity contribution is 5.85. The van der Waals surface area contributed by atoms with Crippen LogP contribution in [-0.2, 0) is 16.8 Å². The number of aliphatic hydroxyl groups is 1. The number of rotatable bonds is 8. The van der Waals surface area contributed by atoms with Gasteiger partial charge in [0.1, 0.15) is 23.3 Å². The molecule has 2 atom stereocenters. The van der Waals surface area contributed by atoms with Crippen LogP contribution in [0.15, 0.2) is 72.7 Å². The lowest BCUT2D eigenvalue weighted by molar-refractivity contribution is -0.136. The number of fused-ring (bicyclic) bond motifs is 1. The summed E-state index contributed by atoms with van der Waals surface area (Å²) in [5.74, 6) is -1.62. The van der Waals surface area contributed by atoms with Gasteiger partial charge in [0.05, 0.1) is 5.70 Å². The minimum Gasteiger partial charge on any atom is -0.481 e. The van der Waals surface area contributed by atoms with Crippen LogP contribution in [0.3, 0.4) is 0 Å². The molecule has 4 aromatic rings. The molecule has 7 nitrogen and oxygen atoms in total. The number of hydrogen-bond donors (Lipinski definition) is 5. The summed E-state index contributed by atoms with van der Waals surface area (Å²) >= 11 is 0. The van der Waals surface area contributed by atoms with Crippen molar-refractivity contribution in [2.24, 2.45) is 0 Å². The maximum atomic E-state index is 14.9. The second kappa shape index (κ2) is 9.83. The lowest BCUT2D eigenvalue weighted by Gasteiger charge is -2.27. The highest BCUT2D eigenvalue weighted by Gasteiger charge is 2.34. The van der Waals surface area contributed by atoms with Crippen molar-refractivity contribution in [3.8, 4) is 11.5 Å². The van der Waals surface area contributed by atoms with Crippen LogP contribution < -0.4 is 15.4 Å². The Hall–Kier alpha value is -4.37. The first-order valence-electron chi connectivity index (χ1n) is 12.1. The van der Waals surface area contributed by atoms with E-state index in [2.05, 4.69) is 15.6 Å². The summed E-state index contributed by atoms with van der Waals surface area (Å²) in [5.41, 5.74) is 1.79. The summed E-state index contributed by atoms with van der Waals surface area (Å²) in [4.78, 5) is 13.9. The molecule has 2 heterocycles. The topological polar surface area (TPSA) is 107 Å². The number of carbonyl (C=O) groups is 1. The Morgan fingerprint density at radius 3 is 2.71 bits per heavy atom. The molecule has 196 valence electrons. The van der Waals surface area contributed by atoms with Crippen molar-refractivity contribution in [3.63, 3.8) is 0 Å². The monoisotopic (exact) mass is 519 g/mol. The van der Waals surface area contributed by atoms with Gasteiger partial charge in [-0.05, 0) is 55.7 Å². The summed E-state index contributed by atoms with van der Waals surface area (Å²) in [6.45, 7) is 3.36. The fourth-order valence-corrected chi connectivity index (χ4v) is 4.66. The van der Waals surface area contributed by atoms with E-state index in [0.717, 1.165) is 10.9 Å². The third-order valence-corrected chi connectivity index (χ3v) is 6.85. The van der Waals surface area contributed by atoms with Crippen molar-refractivity contribution in [2.45, 2.75) is 38.5 Å². The van der Waals surface area contributed by atoms with E-state index < -0.39 is 29.4 Å². The lowest BCUT2D eigenvalue weighted by atomic mass is 9.90. The molecule has 9 heteroatoms. The van der Waals surface area contributed by atoms with E-state index in [1.165, 1.54) is 24.3 Å². The largest absolute Gasteiger partial charge is 0.481 e. The molecule has 0 spiro atoms. The molecular weight excluding hydrogens is 492 g/mol. The predicted molar refractivity (Wildman–Crippen MR) is 139 cm³/mol. The summed E-state index contributed by atoms with van der Waals surface area (Å²) < 4.78 is 35.5. The second-order valence-corrected chi connectivity index (χ2v) is 9.51. The van der Waals surface area contributed by atoms with E-state index in [0.29, 0.717) is 28.8 Å². The van der Waals surface area contributed by atoms with E-state index in [1.807, 2.05) is 6.07 Å². The number of aryl methyl sites for hydroxylation is 2. The Balaban J connectivity index is 1.35. The molecule has 0 saturated heterocycles. The Morgan fingerprint density at radius 1 is 1.11 bits per heavy atom. The normalized spacial score (nSPS) is 16.4. The molecule has 0 bridgehead atoms. The van der Waals surface area contributed by atoms with Crippen LogP contribution in [0.2, 0.25) is 0 Å². The van der Waals surface area contributed by atoms with Gasteiger partial charge in [0.25, 0.3) is 0 Å². The second-order valence-electron chi connectivity index (χ2n) is 9.51. The van der Waals surface area contributed by atoms with E-state index in [1.54, 1.807) is 50.5 Å². The van der Waals surface area contributed by atoms with Crippen LogP contribution >= 0.6 is 0 Å². The fourth-order valence-electron chi connectivity index (χ4n) is 4.66. The van der Waals surface area contributed by atoms with Gasteiger partial charge in [-0.1, -0.05) is 24.3 Å². The molecular formula is C29H27F2N3O4. The Bertz CT molecular complexity index is 1560. The summed E-state index contributed by atoms with van der Waals surface area (Å²) in [6, 6.07) is 14.4. The third-order valence-electron chi connectivity index (χ3n) is 6.85. The first kappa shape index (κ1) is 25.3. The zero-order valence-corrected chi connectivity index (χ0v) is 20.8. The van der Waals surface area contributed by atoms with Crippen LogP contribution in [0.25, 0.3) is 10.9 Å². The Kier molecular flexibility index (Phi) is 6.54. The van der Waals surface area contributed by atoms with Crippen molar-refractivity contribution in [2.75, 3.05) is 0 Å². The SMILES string of the molecule is Cc1c(Oc2ccc(F)c(C3NC=C(C(C)(O)c4cccc(CCC(=O)O)c4)N3)c2)c(F)cc2[nH]ccc12. The molecule has 5 rings (SSSR count). The van der Waals surface area contributed by atoms with E-state index in [-0.39, 0.29) is 23.5 Å². The minimum absolute atomic E-state index is 0.0175. The number of benzene rings is 3. The molecule has 0 aliphatic carbocycles. The van der Waals surface area contributed by atoms with Gasteiger partial charge in [-0.3, -0.25) is 4.79 Å². The number of nitrogens with one attached hydrogen (secondary N) is 3. The number of H-pyrrole nitrogens is 1. The molecule has 38 heavy (non-hydrogen) atoms. The van der Waals surface area contributed by atoms with Gasteiger partial charge in [0.2, 0.25) is 0 Å². The smallest absolute Gasteiger partial charge is 0.303 e. The van der Waals surface area contributed by atoms with Gasteiger partial charge < -0.3 is 30.6 Å². The maximum Gasteiger partial charge on any atom is 0.303 e. The van der Waals surface area contributed by atoms with Gasteiger partial charge in [-0.2, -0.15) is 0 Å². The highest BCUT2D eigenvalue weighted by Crippen LogP contribution is 2.36. The number of carboxylic acids is 1. The zero-order valence-electron chi connectivity index (χ0n) is 20.8. The third kappa shape index (κ3) is 4.80. The molecule has 1 aromatic heterocycles. The quantitative estimate of drug-likeness (QED) is 0.210. The standard InChI is InChI=1S/C29H27F2N3O4/c1-16-20-10-11-32-24(20)14-23(31)27(16)38-19-7-8-22(30)21(13-19)28-33-15-25(34-28)29(2,37)18-5-3-4-17(12-18)6-9-26(35)36/h3-5,7-8,10-15,28,32-34,37H,6,9H2,1-2H3,(H,35,36). The van der Waals surface area contributed by atoms with Crippen LogP contribution in [0.5, 0.6) is 11.5 Å². The fraction of sp³-hybridized carbons (Fsp3) is 0.207. The lowest BCUT2D eigenvalue weighted by Crippen LogP contribution is -2.33. The Morgan fingerprint density at radius 2 is 1.92 bits per heavy atom. The van der Waals surface area contributed by atoms with Crippen LogP contribution in [0, 0.1) is 18.6 Å². The first-order valence-corrected chi connectivity index (χ1v) is 12.1. The number of aromatic nitrogens is 1. The number of carboxylic acid groups (broad SMARTS) is 1. The molecule has 0 fully saturated rings. The molecule has 1 aliphatic rings. The maximum absolute atomic E-state index is 14.9. The average molecular weight is 520 g/mol. The van der Waals surface area contributed by atoms with Crippen molar-refractivity contribution in [3.05, 3.63) is 107 Å². The van der Waals surface area contributed by atoms with E-state index >= 15 is 0 Å². The van der Waals surface area contributed by atoms with E-state index in [4.69, 9.17) is 9.84 Å². The zero-order chi connectivity index (χ0) is 27.0. The molecule has 0 radical (unpaired) electrons. The van der Waals surface area contributed by atoms with Crippen molar-refractivity contribution in [1.29, 1.82) is 0 Å². The number of hydrogen-bond acceptors (Lipinski definition) is 5.